The number of nitrogens with zero attached hydrogens (tertiary/aromatic N) is 1. The molecule has 0 aliphatic carbocycles. The van der Waals surface area contributed by atoms with Crippen molar-refractivity contribution in [2.24, 2.45) is 0 Å². The Morgan fingerprint density at radius 2 is 2.16 bits per heavy atom. The molecule has 1 aromatic rings. The molecule has 2 rings (SSSR count). The quantitative estimate of drug-likeness (QED) is 0.813. The van der Waals surface area contributed by atoms with Gasteiger partial charge in [-0.15, -0.1) is 0 Å². The van der Waals surface area contributed by atoms with Gasteiger partial charge >= 0.3 is 0 Å². The van der Waals surface area contributed by atoms with Crippen LogP contribution in [-0.2, 0) is 11.3 Å². The average Bonchev–Trinajstić information content (AvgIpc) is 2.43. The Morgan fingerprint density at radius 1 is 1.37 bits per heavy atom. The molecule has 0 saturated carbocycles. The van der Waals surface area contributed by atoms with Gasteiger partial charge in [-0.2, -0.15) is 0 Å². The lowest BCUT2D eigenvalue weighted by molar-refractivity contribution is -0.0108. The lowest BCUT2D eigenvalue weighted by Crippen LogP contribution is -2.49. The summed E-state index contributed by atoms with van der Waals surface area (Å²) in [5.41, 5.74) is 1.37. The highest BCUT2D eigenvalue weighted by atomic mass is 79.9. The van der Waals surface area contributed by atoms with E-state index in [1.807, 2.05) is 0 Å². The maximum absolute atomic E-state index is 5.61. The highest BCUT2D eigenvalue weighted by Gasteiger charge is 2.22. The summed E-state index contributed by atoms with van der Waals surface area (Å²) in [4.78, 5) is 2.52. The lowest BCUT2D eigenvalue weighted by atomic mass is 10.1. The van der Waals surface area contributed by atoms with Gasteiger partial charge in [-0.25, -0.2) is 0 Å². The molecule has 1 saturated heterocycles. The van der Waals surface area contributed by atoms with Gasteiger partial charge in [-0.05, 0) is 30.7 Å². The Hall–Kier alpha value is -0.420. The molecule has 1 unspecified atom stereocenters. The van der Waals surface area contributed by atoms with Crippen molar-refractivity contribution >= 4 is 15.9 Å². The molecule has 0 radical (unpaired) electrons. The van der Waals surface area contributed by atoms with E-state index in [2.05, 4.69) is 57.3 Å². The van der Waals surface area contributed by atoms with Crippen molar-refractivity contribution in [2.45, 2.75) is 25.9 Å². The van der Waals surface area contributed by atoms with Crippen LogP contribution in [0.1, 0.15) is 18.9 Å². The molecule has 0 spiro atoms. The van der Waals surface area contributed by atoms with Crippen molar-refractivity contribution in [2.75, 3.05) is 32.8 Å². The van der Waals surface area contributed by atoms with Crippen LogP contribution in [0.4, 0.5) is 0 Å². The Bertz CT molecular complexity index is 369. The zero-order valence-electron chi connectivity index (χ0n) is 11.6. The standard InChI is InChI=1S/C15H23BrN2O/c1-2-7-17-10-15-12-19-9-8-18(15)11-13-3-5-14(16)6-4-13/h3-6,15,17H,2,7-12H2,1H3. The van der Waals surface area contributed by atoms with Gasteiger partial charge in [-0.3, -0.25) is 4.90 Å². The normalized spacial score (nSPS) is 20.6. The number of morpholine rings is 1. The van der Waals surface area contributed by atoms with Crippen molar-refractivity contribution in [3.63, 3.8) is 0 Å². The van der Waals surface area contributed by atoms with Crippen molar-refractivity contribution in [3.8, 4) is 0 Å². The number of benzene rings is 1. The summed E-state index contributed by atoms with van der Waals surface area (Å²) < 4.78 is 6.75. The van der Waals surface area contributed by atoms with Gasteiger partial charge in [0.15, 0.2) is 0 Å². The molecule has 4 heteroatoms. The average molecular weight is 327 g/mol. The summed E-state index contributed by atoms with van der Waals surface area (Å²) in [6, 6.07) is 9.09. The van der Waals surface area contributed by atoms with Crippen LogP contribution < -0.4 is 5.32 Å². The molecule has 0 amide bonds. The van der Waals surface area contributed by atoms with E-state index in [4.69, 9.17) is 4.74 Å². The molecule has 3 nitrogen and oxygen atoms in total. The molecular formula is C15H23BrN2O. The zero-order chi connectivity index (χ0) is 13.5. The smallest absolute Gasteiger partial charge is 0.0635 e. The predicted octanol–water partition coefficient (Wildman–Crippen LogP) is 2.65. The molecule has 19 heavy (non-hydrogen) atoms. The minimum Gasteiger partial charge on any atom is -0.378 e. The second kappa shape index (κ2) is 8.00. The third-order valence-corrected chi connectivity index (χ3v) is 3.98. The van der Waals surface area contributed by atoms with Crippen LogP contribution in [0.2, 0.25) is 0 Å². The summed E-state index contributed by atoms with van der Waals surface area (Å²) in [6.45, 7) is 8.02. The summed E-state index contributed by atoms with van der Waals surface area (Å²) in [5, 5.41) is 3.50. The molecule has 1 aliphatic rings. The first-order valence-corrected chi connectivity index (χ1v) is 7.86. The Morgan fingerprint density at radius 3 is 2.89 bits per heavy atom. The van der Waals surface area contributed by atoms with E-state index in [0.29, 0.717) is 6.04 Å². The van der Waals surface area contributed by atoms with E-state index in [1.54, 1.807) is 0 Å². The van der Waals surface area contributed by atoms with Crippen LogP contribution in [0.3, 0.4) is 0 Å². The van der Waals surface area contributed by atoms with Gasteiger partial charge in [0, 0.05) is 30.1 Å². The second-order valence-electron chi connectivity index (χ2n) is 5.03. The molecule has 1 atom stereocenters. The largest absolute Gasteiger partial charge is 0.378 e. The first-order chi connectivity index (χ1) is 9.29. The number of hydrogen-bond donors (Lipinski definition) is 1. The second-order valence-corrected chi connectivity index (χ2v) is 5.95. The molecule has 1 N–H and O–H groups in total. The van der Waals surface area contributed by atoms with E-state index in [0.717, 1.165) is 43.9 Å². The number of rotatable bonds is 6. The fourth-order valence-corrected chi connectivity index (χ4v) is 2.62. The summed E-state index contributed by atoms with van der Waals surface area (Å²) in [5.74, 6) is 0. The van der Waals surface area contributed by atoms with Gasteiger partial charge in [0.1, 0.15) is 0 Å². The highest BCUT2D eigenvalue weighted by molar-refractivity contribution is 9.10. The van der Waals surface area contributed by atoms with Crippen LogP contribution in [0.15, 0.2) is 28.7 Å². The number of halogens is 1. The third-order valence-electron chi connectivity index (χ3n) is 3.46. The first kappa shape index (κ1) is 15.0. The lowest BCUT2D eigenvalue weighted by Gasteiger charge is -2.35. The molecule has 1 aliphatic heterocycles. The van der Waals surface area contributed by atoms with Crippen LogP contribution in [0, 0.1) is 0 Å². The van der Waals surface area contributed by atoms with Crippen molar-refractivity contribution in [1.82, 2.24) is 10.2 Å². The van der Waals surface area contributed by atoms with Gasteiger partial charge in [0.25, 0.3) is 0 Å². The minimum absolute atomic E-state index is 0.490. The summed E-state index contributed by atoms with van der Waals surface area (Å²) in [7, 11) is 0. The molecule has 1 aromatic carbocycles. The summed E-state index contributed by atoms with van der Waals surface area (Å²) >= 11 is 3.48. The van der Waals surface area contributed by atoms with Crippen molar-refractivity contribution in [3.05, 3.63) is 34.3 Å². The molecule has 0 aromatic heterocycles. The summed E-state index contributed by atoms with van der Waals surface area (Å²) in [6.07, 6.45) is 1.18. The highest BCUT2D eigenvalue weighted by Crippen LogP contribution is 2.15. The molecule has 0 bridgehead atoms. The number of hydrogen-bond acceptors (Lipinski definition) is 3. The van der Waals surface area contributed by atoms with Crippen LogP contribution >= 0.6 is 15.9 Å². The van der Waals surface area contributed by atoms with E-state index >= 15 is 0 Å². The van der Waals surface area contributed by atoms with Gasteiger partial charge in [-0.1, -0.05) is 35.0 Å². The fourth-order valence-electron chi connectivity index (χ4n) is 2.36. The van der Waals surface area contributed by atoms with E-state index in [1.165, 1.54) is 12.0 Å². The van der Waals surface area contributed by atoms with Gasteiger partial charge in [0.2, 0.25) is 0 Å². The molecule has 1 fully saturated rings. The maximum atomic E-state index is 5.61. The van der Waals surface area contributed by atoms with Crippen molar-refractivity contribution in [1.29, 1.82) is 0 Å². The minimum atomic E-state index is 0.490. The Kier molecular flexibility index (Phi) is 6.31. The van der Waals surface area contributed by atoms with Crippen LogP contribution in [0.25, 0.3) is 0 Å². The molecule has 106 valence electrons. The van der Waals surface area contributed by atoms with Crippen LogP contribution in [0.5, 0.6) is 0 Å². The topological polar surface area (TPSA) is 24.5 Å². The van der Waals surface area contributed by atoms with E-state index < -0.39 is 0 Å². The van der Waals surface area contributed by atoms with E-state index in [9.17, 15) is 0 Å². The Labute approximate surface area is 124 Å². The SMILES string of the molecule is CCCNCC1COCCN1Cc1ccc(Br)cc1. The Balaban J connectivity index is 1.89. The van der Waals surface area contributed by atoms with Crippen LogP contribution in [-0.4, -0.2) is 43.8 Å². The van der Waals surface area contributed by atoms with Gasteiger partial charge < -0.3 is 10.1 Å². The fraction of sp³-hybridized carbons (Fsp3) is 0.600. The third kappa shape index (κ3) is 4.88. The molecule has 1 heterocycles. The number of nitrogens with one attached hydrogen (secondary N) is 1. The van der Waals surface area contributed by atoms with E-state index in [-0.39, 0.29) is 0 Å². The predicted molar refractivity (Wildman–Crippen MR) is 82.3 cm³/mol. The number of ether oxygens (including phenoxy) is 1. The molecular weight excluding hydrogens is 304 g/mol. The monoisotopic (exact) mass is 326 g/mol. The maximum Gasteiger partial charge on any atom is 0.0635 e. The van der Waals surface area contributed by atoms with Crippen molar-refractivity contribution < 1.29 is 4.74 Å². The first-order valence-electron chi connectivity index (χ1n) is 7.06. The zero-order valence-corrected chi connectivity index (χ0v) is 13.2. The van der Waals surface area contributed by atoms with Gasteiger partial charge in [0.05, 0.1) is 13.2 Å².